The number of fused-ring (bicyclic) bond motifs is 1. The zero-order chi connectivity index (χ0) is 24.2. The predicted molar refractivity (Wildman–Crippen MR) is 136 cm³/mol. The van der Waals surface area contributed by atoms with E-state index in [4.69, 9.17) is 9.73 Å². The number of anilines is 1. The fourth-order valence-corrected chi connectivity index (χ4v) is 5.14. The second-order valence-electron chi connectivity index (χ2n) is 9.29. The van der Waals surface area contributed by atoms with E-state index in [2.05, 4.69) is 23.8 Å². The number of carbonyl (C=O) groups excluding carboxylic acids is 1. The number of morpholine rings is 1. The average Bonchev–Trinajstić information content (AvgIpc) is 3.23. The van der Waals surface area contributed by atoms with Crippen molar-refractivity contribution in [3.8, 4) is 0 Å². The van der Waals surface area contributed by atoms with Crippen LogP contribution in [0, 0.1) is 5.92 Å². The maximum Gasteiger partial charge on any atom is 0.243 e. The Morgan fingerprint density at radius 3 is 2.85 bits per heavy atom. The highest BCUT2D eigenvalue weighted by Crippen LogP contribution is 2.31. The van der Waals surface area contributed by atoms with Gasteiger partial charge in [0.1, 0.15) is 5.69 Å². The minimum atomic E-state index is -0.221. The van der Waals surface area contributed by atoms with Gasteiger partial charge in [0.2, 0.25) is 5.91 Å². The molecule has 0 saturated carbocycles. The lowest BCUT2D eigenvalue weighted by molar-refractivity contribution is -0.124. The van der Waals surface area contributed by atoms with Crippen molar-refractivity contribution in [2.75, 3.05) is 38.3 Å². The van der Waals surface area contributed by atoms with Gasteiger partial charge in [-0.2, -0.15) is 9.19 Å². The highest BCUT2D eigenvalue weighted by Gasteiger charge is 2.27. The van der Waals surface area contributed by atoms with Crippen LogP contribution < -0.4 is 4.90 Å². The Labute approximate surface area is 205 Å². The largest absolute Gasteiger partial charge is 0.379 e. The van der Waals surface area contributed by atoms with E-state index in [-0.39, 0.29) is 24.3 Å². The second-order valence-corrected chi connectivity index (χ2v) is 9.78. The molecule has 34 heavy (non-hydrogen) atoms. The molecule has 2 heterocycles. The van der Waals surface area contributed by atoms with Crippen molar-refractivity contribution in [2.24, 2.45) is 10.9 Å². The van der Waals surface area contributed by atoms with E-state index in [1.54, 1.807) is 11.1 Å². The SMILES string of the molecule is CCc1cc(/N=C/c2nn(SF)c3c2C[C@@H](C)CC3)cc(N(C)C(=O)C(C)N2CCOCC2)c1. The van der Waals surface area contributed by atoms with Crippen molar-refractivity contribution in [1.82, 2.24) is 14.1 Å². The first-order valence-electron chi connectivity index (χ1n) is 12.1. The highest BCUT2D eigenvalue weighted by molar-refractivity contribution is 7.92. The predicted octanol–water partition coefficient (Wildman–Crippen LogP) is 4.39. The Hall–Kier alpha value is -2.23. The van der Waals surface area contributed by atoms with Crippen molar-refractivity contribution < 1.29 is 13.4 Å². The molecule has 1 fully saturated rings. The summed E-state index contributed by atoms with van der Waals surface area (Å²) in [5.41, 5.74) is 5.44. The van der Waals surface area contributed by atoms with Crippen LogP contribution in [0.2, 0.25) is 0 Å². The van der Waals surface area contributed by atoms with Gasteiger partial charge in [-0.05, 0) is 62.3 Å². The summed E-state index contributed by atoms with van der Waals surface area (Å²) < 4.78 is 20.2. The Kier molecular flexibility index (Phi) is 8.06. The van der Waals surface area contributed by atoms with Crippen LogP contribution in [0.3, 0.4) is 0 Å². The number of rotatable bonds is 7. The molecule has 1 saturated heterocycles. The molecule has 2 aliphatic rings. The molecule has 1 aromatic carbocycles. The number of carbonyl (C=O) groups is 1. The number of hydrogen-bond donors (Lipinski definition) is 0. The Morgan fingerprint density at radius 2 is 2.15 bits per heavy atom. The fraction of sp³-hybridized carbons (Fsp3) is 0.560. The Morgan fingerprint density at radius 1 is 1.38 bits per heavy atom. The monoisotopic (exact) mass is 487 g/mol. The summed E-state index contributed by atoms with van der Waals surface area (Å²) in [5, 5.41) is 4.44. The zero-order valence-corrected chi connectivity index (χ0v) is 21.3. The molecular weight excluding hydrogens is 453 g/mol. The average molecular weight is 488 g/mol. The summed E-state index contributed by atoms with van der Waals surface area (Å²) in [6.07, 6.45) is 5.32. The van der Waals surface area contributed by atoms with Crippen molar-refractivity contribution in [2.45, 2.75) is 52.5 Å². The molecule has 0 spiro atoms. The van der Waals surface area contributed by atoms with Gasteiger partial charge in [-0.1, -0.05) is 13.8 Å². The van der Waals surface area contributed by atoms with Crippen LogP contribution in [-0.4, -0.2) is 65.6 Å². The summed E-state index contributed by atoms with van der Waals surface area (Å²) in [5.74, 6) is 0.594. The lowest BCUT2D eigenvalue weighted by atomic mass is 9.88. The van der Waals surface area contributed by atoms with E-state index < -0.39 is 0 Å². The molecule has 184 valence electrons. The fourth-order valence-electron chi connectivity index (χ4n) is 4.74. The van der Waals surface area contributed by atoms with E-state index in [0.29, 0.717) is 19.1 Å². The third-order valence-corrected chi connectivity index (χ3v) is 7.39. The molecule has 0 bridgehead atoms. The number of ether oxygens (including phenoxy) is 1. The summed E-state index contributed by atoms with van der Waals surface area (Å²) in [6, 6.07) is 5.78. The van der Waals surface area contributed by atoms with E-state index >= 15 is 0 Å². The van der Waals surface area contributed by atoms with Crippen molar-refractivity contribution in [3.63, 3.8) is 0 Å². The Balaban J connectivity index is 1.58. The number of aryl methyl sites for hydroxylation is 1. The van der Waals surface area contributed by atoms with Crippen LogP contribution in [0.5, 0.6) is 0 Å². The van der Waals surface area contributed by atoms with Crippen LogP contribution >= 0.6 is 12.3 Å². The van der Waals surface area contributed by atoms with Gasteiger partial charge in [0.05, 0.1) is 36.9 Å². The minimum Gasteiger partial charge on any atom is -0.379 e. The molecule has 1 aliphatic heterocycles. The standard InChI is InChI=1S/C25H34FN5O2S/c1-5-19-13-20(27-16-23-22-12-17(2)6-7-24(22)31(28-23)34-26)15-21(14-19)29(4)25(32)18(3)30-8-10-33-11-9-30/h13-18H,5-12H2,1-4H3/b27-16+/t17-,18?/m0/s1. The summed E-state index contributed by atoms with van der Waals surface area (Å²) in [7, 11) is 1.82. The van der Waals surface area contributed by atoms with E-state index in [1.165, 1.54) is 4.09 Å². The molecule has 9 heteroatoms. The molecule has 1 aliphatic carbocycles. The second kappa shape index (κ2) is 11.0. The first-order chi connectivity index (χ1) is 16.4. The molecule has 0 N–H and O–H groups in total. The van der Waals surface area contributed by atoms with Gasteiger partial charge in [0.15, 0.2) is 12.3 Å². The van der Waals surface area contributed by atoms with Gasteiger partial charge in [-0.3, -0.25) is 14.7 Å². The van der Waals surface area contributed by atoms with Gasteiger partial charge in [-0.15, -0.1) is 3.89 Å². The smallest absolute Gasteiger partial charge is 0.243 e. The molecule has 7 nitrogen and oxygen atoms in total. The Bertz CT molecular complexity index is 1050. The van der Waals surface area contributed by atoms with Gasteiger partial charge in [0, 0.05) is 31.4 Å². The third kappa shape index (κ3) is 5.37. The van der Waals surface area contributed by atoms with Crippen LogP contribution in [0.1, 0.15) is 49.7 Å². The van der Waals surface area contributed by atoms with Crippen molar-refractivity contribution in [1.29, 1.82) is 0 Å². The lowest BCUT2D eigenvalue weighted by Gasteiger charge is -2.33. The normalized spacial score (nSPS) is 19.9. The number of aliphatic imine (C=N–C) groups is 1. The van der Waals surface area contributed by atoms with Crippen LogP contribution in [-0.2, 0) is 28.8 Å². The third-order valence-electron chi connectivity index (χ3n) is 6.95. The van der Waals surface area contributed by atoms with Gasteiger partial charge >= 0.3 is 0 Å². The molecule has 2 aromatic rings. The van der Waals surface area contributed by atoms with E-state index in [1.807, 2.05) is 32.2 Å². The topological polar surface area (TPSA) is 63.0 Å². The van der Waals surface area contributed by atoms with E-state index in [9.17, 15) is 8.68 Å². The van der Waals surface area contributed by atoms with Crippen LogP contribution in [0.25, 0.3) is 0 Å². The minimum absolute atomic E-state index is 0.0480. The van der Waals surface area contributed by atoms with Gasteiger partial charge in [0.25, 0.3) is 0 Å². The first kappa shape index (κ1) is 24.9. The van der Waals surface area contributed by atoms with Crippen molar-refractivity contribution in [3.05, 3.63) is 40.7 Å². The quantitative estimate of drug-likeness (QED) is 0.542. The molecule has 2 atom stereocenters. The highest BCUT2D eigenvalue weighted by atomic mass is 32.2. The van der Waals surface area contributed by atoms with E-state index in [0.717, 1.165) is 72.7 Å². The molecule has 1 amide bonds. The molecular formula is C25H34FN5O2S. The number of amides is 1. The number of benzene rings is 1. The number of nitrogens with zero attached hydrogens (tertiary/aromatic N) is 5. The number of hydrogen-bond acceptors (Lipinski definition) is 6. The summed E-state index contributed by atoms with van der Waals surface area (Å²) in [4.78, 5) is 21.8. The summed E-state index contributed by atoms with van der Waals surface area (Å²) in [6.45, 7) is 9.09. The maximum absolute atomic E-state index is 13.4. The molecule has 1 unspecified atom stereocenters. The van der Waals surface area contributed by atoms with Gasteiger partial charge in [-0.25, -0.2) is 0 Å². The number of aromatic nitrogens is 2. The molecule has 1 aromatic heterocycles. The van der Waals surface area contributed by atoms with Crippen LogP contribution in [0.4, 0.5) is 15.3 Å². The molecule has 4 rings (SSSR count). The maximum atomic E-state index is 13.4. The lowest BCUT2D eigenvalue weighted by Crippen LogP contribution is -2.50. The number of halogens is 1. The number of likely N-dealkylation sites (N-methyl/N-ethyl adjacent to an activating group) is 1. The van der Waals surface area contributed by atoms with Gasteiger partial charge < -0.3 is 9.64 Å². The zero-order valence-electron chi connectivity index (χ0n) is 20.5. The first-order valence-corrected chi connectivity index (χ1v) is 12.8. The summed E-state index contributed by atoms with van der Waals surface area (Å²) >= 11 is 0.145. The van der Waals surface area contributed by atoms with Crippen LogP contribution in [0.15, 0.2) is 23.2 Å². The molecule has 0 radical (unpaired) electrons. The van der Waals surface area contributed by atoms with Crippen molar-refractivity contribution >= 4 is 35.8 Å².